The maximum atomic E-state index is 4.90. The fraction of sp³-hybridized carbons (Fsp3) is 0. The van der Waals surface area contributed by atoms with Crippen LogP contribution >= 0.6 is 0 Å². The van der Waals surface area contributed by atoms with Crippen LogP contribution in [0.15, 0.2) is 73.1 Å². The number of para-hydroxylation sites is 1. The minimum atomic E-state index is 1.05. The Balaban J connectivity index is 2.08. The van der Waals surface area contributed by atoms with Crippen molar-refractivity contribution in [2.24, 2.45) is 0 Å². The summed E-state index contributed by atoms with van der Waals surface area (Å²) in [6.07, 6.45) is 4.28. The minimum Gasteiger partial charge on any atom is -0.321 e. The van der Waals surface area contributed by atoms with Gasteiger partial charge in [-0.05, 0) is 23.6 Å². The fourth-order valence-corrected chi connectivity index (χ4v) is 3.16. The Bertz CT molecular complexity index is 1140. The van der Waals surface area contributed by atoms with Crippen molar-refractivity contribution in [1.29, 1.82) is 0 Å². The predicted octanol–water partition coefficient (Wildman–Crippen LogP) is 4.79. The molecule has 3 heterocycles. The van der Waals surface area contributed by atoms with E-state index in [2.05, 4.69) is 71.4 Å². The highest BCUT2D eigenvalue weighted by Crippen LogP contribution is 2.29. The normalized spacial score (nSPS) is 11.8. The van der Waals surface area contributed by atoms with Crippen molar-refractivity contribution < 1.29 is 0 Å². The summed E-state index contributed by atoms with van der Waals surface area (Å²) in [6, 6.07) is 21.1. The van der Waals surface area contributed by atoms with Gasteiger partial charge in [-0.2, -0.15) is 0 Å². The Kier molecular flexibility index (Phi) is 1.98. The van der Waals surface area contributed by atoms with Gasteiger partial charge in [-0.1, -0.05) is 42.5 Å². The summed E-state index contributed by atoms with van der Waals surface area (Å²) in [7, 11) is 0. The maximum Gasteiger partial charge on any atom is 0.0971 e. The standard InChI is InChI=1S/C19H12N2/c1-3-7-16-13(5-1)9-10-21-12-15-11-14-6-2-4-8-17(14)20-18(15)19(16)21/h1-12H. The van der Waals surface area contributed by atoms with E-state index in [1.54, 1.807) is 0 Å². The highest BCUT2D eigenvalue weighted by molar-refractivity contribution is 6.11. The van der Waals surface area contributed by atoms with Crippen LogP contribution in [0.5, 0.6) is 0 Å². The zero-order valence-electron chi connectivity index (χ0n) is 11.3. The monoisotopic (exact) mass is 268 g/mol. The molecule has 0 radical (unpaired) electrons. The third kappa shape index (κ3) is 1.44. The van der Waals surface area contributed by atoms with Gasteiger partial charge < -0.3 is 4.40 Å². The molecule has 0 unspecified atom stereocenters. The molecule has 0 aliphatic heterocycles. The smallest absolute Gasteiger partial charge is 0.0971 e. The zero-order valence-corrected chi connectivity index (χ0v) is 11.3. The average molecular weight is 268 g/mol. The lowest BCUT2D eigenvalue weighted by molar-refractivity contribution is 1.22. The van der Waals surface area contributed by atoms with Crippen molar-refractivity contribution in [2.75, 3.05) is 0 Å². The summed E-state index contributed by atoms with van der Waals surface area (Å²) in [5, 5.41) is 4.87. The van der Waals surface area contributed by atoms with Gasteiger partial charge in [-0.3, -0.25) is 0 Å². The first kappa shape index (κ1) is 10.9. The molecule has 0 spiro atoms. The molecule has 5 rings (SSSR count). The second-order valence-corrected chi connectivity index (χ2v) is 5.41. The van der Waals surface area contributed by atoms with Crippen LogP contribution in [0.4, 0.5) is 0 Å². The molecule has 0 saturated heterocycles. The SMILES string of the molecule is c1ccc2nc3c(cc2c1)cn1ccc2ccccc2c31. The number of fused-ring (bicyclic) bond motifs is 6. The first-order valence-electron chi connectivity index (χ1n) is 7.08. The average Bonchev–Trinajstić information content (AvgIpc) is 2.90. The number of nitrogens with zero attached hydrogens (tertiary/aromatic N) is 2. The van der Waals surface area contributed by atoms with Gasteiger partial charge in [0.05, 0.1) is 16.6 Å². The van der Waals surface area contributed by atoms with Crippen molar-refractivity contribution in [3.63, 3.8) is 0 Å². The summed E-state index contributed by atoms with van der Waals surface area (Å²) in [5.41, 5.74) is 3.31. The number of pyridine rings is 2. The van der Waals surface area contributed by atoms with E-state index in [1.165, 1.54) is 27.1 Å². The fourth-order valence-electron chi connectivity index (χ4n) is 3.16. The van der Waals surface area contributed by atoms with Gasteiger partial charge in [0, 0.05) is 28.6 Å². The summed E-state index contributed by atoms with van der Waals surface area (Å²) in [5.74, 6) is 0. The van der Waals surface area contributed by atoms with Crippen molar-refractivity contribution >= 4 is 38.1 Å². The molecular weight excluding hydrogens is 256 g/mol. The third-order valence-corrected chi connectivity index (χ3v) is 4.14. The Morgan fingerprint density at radius 3 is 2.52 bits per heavy atom. The van der Waals surface area contributed by atoms with Gasteiger partial charge in [-0.15, -0.1) is 0 Å². The van der Waals surface area contributed by atoms with Gasteiger partial charge in [0.15, 0.2) is 0 Å². The second kappa shape index (κ2) is 3.83. The van der Waals surface area contributed by atoms with Crippen LogP contribution in [-0.4, -0.2) is 9.38 Å². The first-order valence-corrected chi connectivity index (χ1v) is 7.08. The van der Waals surface area contributed by atoms with E-state index in [0.29, 0.717) is 0 Å². The quantitative estimate of drug-likeness (QED) is 0.394. The molecule has 5 aromatic rings. The Hall–Kier alpha value is -2.87. The Morgan fingerprint density at radius 2 is 1.57 bits per heavy atom. The number of hydrogen-bond donors (Lipinski definition) is 0. The molecule has 2 nitrogen and oxygen atoms in total. The van der Waals surface area contributed by atoms with Crippen molar-refractivity contribution in [3.05, 3.63) is 73.1 Å². The molecule has 0 saturated carbocycles. The number of benzene rings is 2. The predicted molar refractivity (Wildman–Crippen MR) is 87.7 cm³/mol. The molecule has 0 aliphatic rings. The summed E-state index contributed by atoms with van der Waals surface area (Å²) in [6.45, 7) is 0. The van der Waals surface area contributed by atoms with Gasteiger partial charge in [0.25, 0.3) is 0 Å². The summed E-state index contributed by atoms with van der Waals surface area (Å²) in [4.78, 5) is 4.90. The van der Waals surface area contributed by atoms with E-state index >= 15 is 0 Å². The lowest BCUT2D eigenvalue weighted by Crippen LogP contribution is -1.84. The lowest BCUT2D eigenvalue weighted by atomic mass is 10.1. The van der Waals surface area contributed by atoms with Gasteiger partial charge >= 0.3 is 0 Å². The summed E-state index contributed by atoms with van der Waals surface area (Å²) < 4.78 is 2.18. The van der Waals surface area contributed by atoms with Gasteiger partial charge in [-0.25, -0.2) is 4.98 Å². The van der Waals surface area contributed by atoms with E-state index in [4.69, 9.17) is 4.98 Å². The number of hydrogen-bond acceptors (Lipinski definition) is 1. The molecule has 3 aromatic heterocycles. The van der Waals surface area contributed by atoms with E-state index in [9.17, 15) is 0 Å². The largest absolute Gasteiger partial charge is 0.321 e. The molecule has 2 heteroatoms. The molecule has 0 N–H and O–H groups in total. The minimum absolute atomic E-state index is 1.05. The molecule has 0 bridgehead atoms. The van der Waals surface area contributed by atoms with Crippen LogP contribution in [-0.2, 0) is 0 Å². The molecular formula is C19H12N2. The van der Waals surface area contributed by atoms with Crippen molar-refractivity contribution in [1.82, 2.24) is 9.38 Å². The van der Waals surface area contributed by atoms with Crippen LogP contribution in [0.2, 0.25) is 0 Å². The third-order valence-electron chi connectivity index (χ3n) is 4.14. The van der Waals surface area contributed by atoms with Gasteiger partial charge in [0.1, 0.15) is 0 Å². The molecule has 2 aromatic carbocycles. The molecule has 0 atom stereocenters. The topological polar surface area (TPSA) is 17.3 Å². The van der Waals surface area contributed by atoms with Gasteiger partial charge in [0.2, 0.25) is 0 Å². The van der Waals surface area contributed by atoms with Crippen LogP contribution in [0.1, 0.15) is 0 Å². The number of rotatable bonds is 0. The molecule has 21 heavy (non-hydrogen) atoms. The Morgan fingerprint density at radius 1 is 0.762 bits per heavy atom. The van der Waals surface area contributed by atoms with Crippen molar-refractivity contribution in [3.8, 4) is 0 Å². The van der Waals surface area contributed by atoms with Crippen LogP contribution in [0.3, 0.4) is 0 Å². The maximum absolute atomic E-state index is 4.90. The Labute approximate surface area is 121 Å². The summed E-state index contributed by atoms with van der Waals surface area (Å²) >= 11 is 0. The van der Waals surface area contributed by atoms with E-state index in [0.717, 1.165) is 11.0 Å². The first-order chi connectivity index (χ1) is 10.4. The second-order valence-electron chi connectivity index (χ2n) is 5.41. The number of aromatic nitrogens is 2. The van der Waals surface area contributed by atoms with E-state index in [-0.39, 0.29) is 0 Å². The van der Waals surface area contributed by atoms with E-state index in [1.807, 2.05) is 6.07 Å². The van der Waals surface area contributed by atoms with Crippen LogP contribution < -0.4 is 0 Å². The van der Waals surface area contributed by atoms with Crippen molar-refractivity contribution in [2.45, 2.75) is 0 Å². The highest BCUT2D eigenvalue weighted by Gasteiger charge is 2.09. The van der Waals surface area contributed by atoms with E-state index < -0.39 is 0 Å². The van der Waals surface area contributed by atoms with Crippen LogP contribution in [0.25, 0.3) is 38.1 Å². The van der Waals surface area contributed by atoms with Crippen LogP contribution in [0, 0.1) is 0 Å². The lowest BCUT2D eigenvalue weighted by Gasteiger charge is -2.02. The highest BCUT2D eigenvalue weighted by atomic mass is 14.9. The molecule has 0 aliphatic carbocycles. The molecule has 0 amide bonds. The molecule has 98 valence electrons. The zero-order chi connectivity index (χ0) is 13.8. The molecule has 0 fully saturated rings.